The highest BCUT2D eigenvalue weighted by molar-refractivity contribution is 9.12. The minimum absolute atomic E-state index is 0.221. The average Bonchev–Trinajstić information content (AvgIpc) is 2.41. The first-order valence-corrected chi connectivity index (χ1v) is 5.41. The number of rotatable bonds is 0. The molecule has 3 heteroatoms. The summed E-state index contributed by atoms with van der Waals surface area (Å²) in [7, 11) is 0. The third-order valence-electron chi connectivity index (χ3n) is 2.47. The first kappa shape index (κ1) is 7.56. The molecule has 1 saturated heterocycles. The molecule has 2 rings (SSSR count). The highest BCUT2D eigenvalue weighted by Gasteiger charge is 2.57. The van der Waals surface area contributed by atoms with Crippen LogP contribution in [0.3, 0.4) is 0 Å². The number of hydrogen-bond acceptors (Lipinski definition) is 1. The van der Waals surface area contributed by atoms with Crippen LogP contribution in [0.1, 0.15) is 19.8 Å². The molecule has 58 valence electrons. The van der Waals surface area contributed by atoms with Gasteiger partial charge in [0.15, 0.2) is 0 Å². The highest BCUT2D eigenvalue weighted by Crippen LogP contribution is 2.50. The molecule has 0 aromatic heterocycles. The molecule has 1 saturated carbocycles. The van der Waals surface area contributed by atoms with Gasteiger partial charge in [-0.25, -0.2) is 0 Å². The first-order valence-electron chi connectivity index (χ1n) is 3.58. The Morgan fingerprint density at radius 1 is 1.40 bits per heavy atom. The largest absolute Gasteiger partial charge is 0.366 e. The number of alkyl halides is 2. The zero-order valence-electron chi connectivity index (χ0n) is 5.81. The fourth-order valence-electron chi connectivity index (χ4n) is 1.64. The molecule has 0 bridgehead atoms. The molecule has 10 heavy (non-hydrogen) atoms. The summed E-state index contributed by atoms with van der Waals surface area (Å²) in [6.07, 6.45) is 2.84. The smallest absolute Gasteiger partial charge is 0.0931 e. The van der Waals surface area contributed by atoms with Gasteiger partial charge in [0, 0.05) is 9.65 Å². The highest BCUT2D eigenvalue weighted by atomic mass is 79.9. The van der Waals surface area contributed by atoms with Crippen LogP contribution < -0.4 is 0 Å². The third-order valence-corrected chi connectivity index (χ3v) is 5.15. The number of fused-ring (bicyclic) bond motifs is 1. The van der Waals surface area contributed by atoms with Crippen LogP contribution in [-0.2, 0) is 4.74 Å². The molecule has 1 aliphatic carbocycles. The van der Waals surface area contributed by atoms with Crippen LogP contribution in [0.25, 0.3) is 0 Å². The minimum atomic E-state index is 0.221. The number of hydrogen-bond donors (Lipinski definition) is 0. The Morgan fingerprint density at radius 2 is 2.10 bits per heavy atom. The van der Waals surface area contributed by atoms with Crippen molar-refractivity contribution in [3.63, 3.8) is 0 Å². The molecule has 0 unspecified atom stereocenters. The number of ether oxygens (including phenoxy) is 1. The van der Waals surface area contributed by atoms with Crippen molar-refractivity contribution < 1.29 is 4.74 Å². The van der Waals surface area contributed by atoms with Gasteiger partial charge in [0.1, 0.15) is 0 Å². The minimum Gasteiger partial charge on any atom is -0.366 e. The van der Waals surface area contributed by atoms with Gasteiger partial charge in [0.05, 0.1) is 11.7 Å². The maximum absolute atomic E-state index is 5.55. The van der Waals surface area contributed by atoms with E-state index in [1.807, 2.05) is 0 Å². The van der Waals surface area contributed by atoms with E-state index >= 15 is 0 Å². The summed E-state index contributed by atoms with van der Waals surface area (Å²) in [5.74, 6) is 0. The van der Waals surface area contributed by atoms with Crippen LogP contribution in [0.5, 0.6) is 0 Å². The zero-order valence-corrected chi connectivity index (χ0v) is 8.98. The average molecular weight is 270 g/mol. The molecule has 1 heterocycles. The number of halogens is 2. The predicted molar refractivity (Wildman–Crippen MR) is 47.9 cm³/mol. The van der Waals surface area contributed by atoms with Crippen LogP contribution in [-0.4, -0.2) is 21.4 Å². The summed E-state index contributed by atoms with van der Waals surface area (Å²) in [4.78, 5) is 1.20. The van der Waals surface area contributed by atoms with Gasteiger partial charge in [0.2, 0.25) is 0 Å². The van der Waals surface area contributed by atoms with Gasteiger partial charge in [-0.05, 0) is 19.8 Å². The van der Waals surface area contributed by atoms with Crippen molar-refractivity contribution >= 4 is 31.9 Å². The van der Waals surface area contributed by atoms with E-state index in [-0.39, 0.29) is 5.60 Å². The van der Waals surface area contributed by atoms with E-state index in [2.05, 4.69) is 38.8 Å². The van der Waals surface area contributed by atoms with Crippen molar-refractivity contribution in [1.29, 1.82) is 0 Å². The SMILES string of the molecule is C[C@]12C[C@@H](Br)[C@H](Br)C[C@@H]1O2. The summed E-state index contributed by atoms with van der Waals surface area (Å²) in [6, 6.07) is 0. The molecule has 2 fully saturated rings. The fraction of sp³-hybridized carbons (Fsp3) is 1.00. The molecular weight excluding hydrogens is 260 g/mol. The fourth-order valence-corrected chi connectivity index (χ4v) is 3.02. The second-order valence-corrected chi connectivity index (χ2v) is 5.74. The molecule has 2 aliphatic rings. The van der Waals surface area contributed by atoms with Crippen LogP contribution in [0, 0.1) is 0 Å². The summed E-state index contributed by atoms with van der Waals surface area (Å²) < 4.78 is 5.55. The van der Waals surface area contributed by atoms with E-state index in [0.29, 0.717) is 15.8 Å². The van der Waals surface area contributed by atoms with E-state index in [4.69, 9.17) is 4.74 Å². The van der Waals surface area contributed by atoms with Gasteiger partial charge in [-0.15, -0.1) is 0 Å². The van der Waals surface area contributed by atoms with Crippen molar-refractivity contribution in [1.82, 2.24) is 0 Å². The normalized spacial score (nSPS) is 59.7. The molecule has 1 aliphatic heterocycles. The Hall–Kier alpha value is 0.920. The molecule has 1 nitrogen and oxygen atoms in total. The quantitative estimate of drug-likeness (QED) is 0.486. The van der Waals surface area contributed by atoms with Crippen molar-refractivity contribution in [2.45, 2.75) is 41.1 Å². The maximum Gasteiger partial charge on any atom is 0.0931 e. The first-order chi connectivity index (χ1) is 4.62. The maximum atomic E-state index is 5.55. The lowest BCUT2D eigenvalue weighted by atomic mass is 9.91. The van der Waals surface area contributed by atoms with Crippen LogP contribution in [0.15, 0.2) is 0 Å². The van der Waals surface area contributed by atoms with Crippen LogP contribution in [0.4, 0.5) is 0 Å². The van der Waals surface area contributed by atoms with Crippen LogP contribution in [0.2, 0.25) is 0 Å². The predicted octanol–water partition coefficient (Wildman–Crippen LogP) is 2.46. The van der Waals surface area contributed by atoms with Gasteiger partial charge in [0.25, 0.3) is 0 Å². The molecule has 0 N–H and O–H groups in total. The van der Waals surface area contributed by atoms with Crippen molar-refractivity contribution in [2.24, 2.45) is 0 Å². The van der Waals surface area contributed by atoms with Gasteiger partial charge in [-0.3, -0.25) is 0 Å². The Balaban J connectivity index is 2.05. The van der Waals surface area contributed by atoms with E-state index < -0.39 is 0 Å². The monoisotopic (exact) mass is 268 g/mol. The van der Waals surface area contributed by atoms with Gasteiger partial charge in [-0.1, -0.05) is 31.9 Å². The molecule has 0 aromatic carbocycles. The van der Waals surface area contributed by atoms with Crippen molar-refractivity contribution in [3.8, 4) is 0 Å². The molecular formula is C7H10Br2O. The number of epoxide rings is 1. The molecule has 0 aromatic rings. The van der Waals surface area contributed by atoms with E-state index in [9.17, 15) is 0 Å². The van der Waals surface area contributed by atoms with Crippen molar-refractivity contribution in [3.05, 3.63) is 0 Å². The van der Waals surface area contributed by atoms with E-state index in [1.165, 1.54) is 0 Å². The van der Waals surface area contributed by atoms with Crippen LogP contribution >= 0.6 is 31.9 Å². The Labute approximate surface area is 77.8 Å². The Bertz CT molecular complexity index is 162. The molecule has 0 radical (unpaired) electrons. The summed E-state index contributed by atoms with van der Waals surface area (Å²) in [5.41, 5.74) is 0.221. The lowest BCUT2D eigenvalue weighted by Crippen LogP contribution is -2.30. The lowest BCUT2D eigenvalue weighted by Gasteiger charge is -2.22. The molecule has 0 spiro atoms. The van der Waals surface area contributed by atoms with Gasteiger partial charge >= 0.3 is 0 Å². The molecule has 4 atom stereocenters. The second-order valence-electron chi connectivity index (χ2n) is 3.39. The van der Waals surface area contributed by atoms with E-state index in [0.717, 1.165) is 12.8 Å². The third kappa shape index (κ3) is 1.07. The van der Waals surface area contributed by atoms with Crippen molar-refractivity contribution in [2.75, 3.05) is 0 Å². The topological polar surface area (TPSA) is 12.5 Å². The second kappa shape index (κ2) is 2.20. The standard InChI is InChI=1S/C7H10Br2O/c1-7-3-5(9)4(8)2-6(7)10-7/h4-6H,2-3H2,1H3/t4-,5-,6+,7+/m1/s1. The van der Waals surface area contributed by atoms with Gasteiger partial charge in [-0.2, -0.15) is 0 Å². The van der Waals surface area contributed by atoms with Gasteiger partial charge < -0.3 is 4.74 Å². The van der Waals surface area contributed by atoms with E-state index in [1.54, 1.807) is 0 Å². The Morgan fingerprint density at radius 3 is 2.70 bits per heavy atom. The lowest BCUT2D eigenvalue weighted by molar-refractivity contribution is 0.306. The summed E-state index contributed by atoms with van der Waals surface area (Å²) in [5, 5.41) is 0. The Kier molecular flexibility index (Phi) is 1.67. The molecule has 0 amide bonds. The summed E-state index contributed by atoms with van der Waals surface area (Å²) in [6.45, 7) is 2.20. The zero-order chi connectivity index (χ0) is 7.35. The summed E-state index contributed by atoms with van der Waals surface area (Å²) >= 11 is 7.25.